The van der Waals surface area contributed by atoms with Crippen LogP contribution in [0.3, 0.4) is 0 Å². The van der Waals surface area contributed by atoms with Gasteiger partial charge in [-0.1, -0.05) is 19.9 Å². The number of aliphatic imine (C=N–C) groups is 1. The lowest BCUT2D eigenvalue weighted by Crippen LogP contribution is -2.37. The zero-order valence-corrected chi connectivity index (χ0v) is 12.9. The monoisotopic (exact) mass is 278 g/mol. The van der Waals surface area contributed by atoms with E-state index in [-0.39, 0.29) is 0 Å². The summed E-state index contributed by atoms with van der Waals surface area (Å²) in [5, 5.41) is 6.58. The van der Waals surface area contributed by atoms with Crippen molar-refractivity contribution >= 4 is 5.96 Å². The van der Waals surface area contributed by atoms with E-state index in [1.54, 1.807) is 13.2 Å². The van der Waals surface area contributed by atoms with Crippen molar-refractivity contribution < 1.29 is 4.74 Å². The van der Waals surface area contributed by atoms with Gasteiger partial charge in [-0.25, -0.2) is 4.98 Å². The molecule has 0 bridgehead atoms. The lowest BCUT2D eigenvalue weighted by atomic mass is 10.1. The van der Waals surface area contributed by atoms with Gasteiger partial charge in [0.1, 0.15) is 0 Å². The van der Waals surface area contributed by atoms with Gasteiger partial charge in [-0.2, -0.15) is 0 Å². The minimum Gasteiger partial charge on any atom is -0.478 e. The van der Waals surface area contributed by atoms with Crippen molar-refractivity contribution in [3.8, 4) is 5.88 Å². The molecule has 1 aromatic rings. The number of nitrogens with zero attached hydrogens (tertiary/aromatic N) is 2. The Morgan fingerprint density at radius 1 is 1.40 bits per heavy atom. The molecule has 0 radical (unpaired) electrons. The highest BCUT2D eigenvalue weighted by Crippen LogP contribution is 2.13. The molecule has 0 amide bonds. The van der Waals surface area contributed by atoms with E-state index in [0.29, 0.717) is 24.9 Å². The normalized spacial score (nSPS) is 11.6. The molecular formula is C15H26N4O. The Morgan fingerprint density at radius 3 is 2.85 bits per heavy atom. The second-order valence-corrected chi connectivity index (χ2v) is 4.94. The molecule has 0 fully saturated rings. The first-order chi connectivity index (χ1) is 9.67. The van der Waals surface area contributed by atoms with Crippen LogP contribution in [-0.2, 0) is 6.54 Å². The molecule has 5 heteroatoms. The Labute approximate surface area is 121 Å². The van der Waals surface area contributed by atoms with Gasteiger partial charge >= 0.3 is 0 Å². The summed E-state index contributed by atoms with van der Waals surface area (Å²) in [5.41, 5.74) is 1.03. The average Bonchev–Trinajstić information content (AvgIpc) is 2.44. The van der Waals surface area contributed by atoms with Gasteiger partial charge in [0.15, 0.2) is 5.96 Å². The standard InChI is InChI=1S/C15H26N4O/c1-5-20-14-13(7-6-9-17-14)11-19-15(16-4)18-10-8-12(2)3/h6-7,9,12H,5,8,10-11H2,1-4H3,(H2,16,18,19). The number of hydrogen-bond acceptors (Lipinski definition) is 3. The quantitative estimate of drug-likeness (QED) is 0.593. The predicted octanol–water partition coefficient (Wildman–Crippen LogP) is 2.19. The minimum atomic E-state index is 0.616. The fourth-order valence-electron chi connectivity index (χ4n) is 1.70. The third kappa shape index (κ3) is 5.91. The lowest BCUT2D eigenvalue weighted by molar-refractivity contribution is 0.322. The smallest absolute Gasteiger partial charge is 0.218 e. The van der Waals surface area contributed by atoms with Crippen molar-refractivity contribution in [1.82, 2.24) is 15.6 Å². The van der Waals surface area contributed by atoms with Gasteiger partial charge in [-0.15, -0.1) is 0 Å². The van der Waals surface area contributed by atoms with Gasteiger partial charge in [0.2, 0.25) is 5.88 Å². The highest BCUT2D eigenvalue weighted by atomic mass is 16.5. The lowest BCUT2D eigenvalue weighted by Gasteiger charge is -2.14. The number of rotatable bonds is 7. The van der Waals surface area contributed by atoms with E-state index in [9.17, 15) is 0 Å². The van der Waals surface area contributed by atoms with Gasteiger partial charge in [0.25, 0.3) is 0 Å². The van der Waals surface area contributed by atoms with Crippen LogP contribution in [0.5, 0.6) is 5.88 Å². The number of nitrogens with one attached hydrogen (secondary N) is 2. The van der Waals surface area contributed by atoms with Gasteiger partial charge < -0.3 is 15.4 Å². The Balaban J connectivity index is 2.48. The molecule has 0 saturated carbocycles. The summed E-state index contributed by atoms with van der Waals surface area (Å²) in [6, 6.07) is 3.92. The van der Waals surface area contributed by atoms with Crippen LogP contribution in [-0.4, -0.2) is 31.1 Å². The molecule has 5 nitrogen and oxygen atoms in total. The van der Waals surface area contributed by atoms with E-state index in [4.69, 9.17) is 4.74 Å². The van der Waals surface area contributed by atoms with Crippen molar-refractivity contribution in [2.45, 2.75) is 33.7 Å². The Hall–Kier alpha value is -1.78. The highest BCUT2D eigenvalue weighted by Gasteiger charge is 2.05. The van der Waals surface area contributed by atoms with Crippen LogP contribution in [0.2, 0.25) is 0 Å². The first-order valence-corrected chi connectivity index (χ1v) is 7.18. The van der Waals surface area contributed by atoms with Crippen molar-refractivity contribution in [2.75, 3.05) is 20.2 Å². The number of pyridine rings is 1. The van der Waals surface area contributed by atoms with Crippen molar-refractivity contribution in [3.63, 3.8) is 0 Å². The van der Waals surface area contributed by atoms with Gasteiger partial charge in [0.05, 0.1) is 6.61 Å². The molecular weight excluding hydrogens is 252 g/mol. The van der Waals surface area contributed by atoms with Crippen LogP contribution in [0.25, 0.3) is 0 Å². The SMILES string of the molecule is CCOc1ncccc1CNC(=NC)NCCC(C)C. The van der Waals surface area contributed by atoms with Gasteiger partial charge in [0, 0.05) is 31.9 Å². The summed E-state index contributed by atoms with van der Waals surface area (Å²) in [4.78, 5) is 8.44. The summed E-state index contributed by atoms with van der Waals surface area (Å²) in [7, 11) is 1.78. The van der Waals surface area contributed by atoms with E-state index in [2.05, 4.69) is 34.5 Å². The summed E-state index contributed by atoms with van der Waals surface area (Å²) in [6.07, 6.45) is 2.86. The molecule has 0 aliphatic heterocycles. The van der Waals surface area contributed by atoms with Gasteiger partial charge in [-0.3, -0.25) is 4.99 Å². The molecule has 20 heavy (non-hydrogen) atoms. The van der Waals surface area contributed by atoms with Crippen LogP contribution in [0, 0.1) is 5.92 Å². The van der Waals surface area contributed by atoms with E-state index in [1.165, 1.54) is 0 Å². The molecule has 0 spiro atoms. The molecule has 0 aliphatic rings. The zero-order valence-electron chi connectivity index (χ0n) is 12.9. The first-order valence-electron chi connectivity index (χ1n) is 7.18. The first kappa shape index (κ1) is 16.3. The average molecular weight is 278 g/mol. The minimum absolute atomic E-state index is 0.616. The van der Waals surface area contributed by atoms with Crippen LogP contribution in [0.1, 0.15) is 32.8 Å². The van der Waals surface area contributed by atoms with E-state index in [0.717, 1.165) is 24.5 Å². The fraction of sp³-hybridized carbons (Fsp3) is 0.600. The van der Waals surface area contributed by atoms with Crippen LogP contribution < -0.4 is 15.4 Å². The third-order valence-electron chi connectivity index (χ3n) is 2.82. The second kappa shape index (κ2) is 9.18. The maximum Gasteiger partial charge on any atom is 0.218 e. The predicted molar refractivity (Wildman–Crippen MR) is 83.1 cm³/mol. The number of ether oxygens (including phenoxy) is 1. The van der Waals surface area contributed by atoms with Crippen LogP contribution >= 0.6 is 0 Å². The largest absolute Gasteiger partial charge is 0.478 e. The number of aromatic nitrogens is 1. The molecule has 1 heterocycles. The van der Waals surface area contributed by atoms with E-state index < -0.39 is 0 Å². The maximum absolute atomic E-state index is 5.50. The van der Waals surface area contributed by atoms with Crippen molar-refractivity contribution in [1.29, 1.82) is 0 Å². The zero-order chi connectivity index (χ0) is 14.8. The summed E-state index contributed by atoms with van der Waals surface area (Å²) < 4.78 is 5.50. The number of guanidine groups is 1. The van der Waals surface area contributed by atoms with Crippen LogP contribution in [0.4, 0.5) is 0 Å². The summed E-state index contributed by atoms with van der Waals surface area (Å²) in [6.45, 7) is 8.56. The molecule has 0 aliphatic carbocycles. The highest BCUT2D eigenvalue weighted by molar-refractivity contribution is 5.79. The third-order valence-corrected chi connectivity index (χ3v) is 2.82. The molecule has 0 saturated heterocycles. The molecule has 0 atom stereocenters. The Morgan fingerprint density at radius 2 is 2.20 bits per heavy atom. The molecule has 1 aromatic heterocycles. The summed E-state index contributed by atoms with van der Waals surface area (Å²) in [5.74, 6) is 2.17. The Bertz CT molecular complexity index is 418. The number of hydrogen-bond donors (Lipinski definition) is 2. The van der Waals surface area contributed by atoms with Crippen LogP contribution in [0.15, 0.2) is 23.3 Å². The molecule has 112 valence electrons. The van der Waals surface area contributed by atoms with E-state index in [1.807, 2.05) is 19.1 Å². The summed E-state index contributed by atoms with van der Waals surface area (Å²) >= 11 is 0. The molecule has 1 rings (SSSR count). The molecule has 0 unspecified atom stereocenters. The molecule has 0 aromatic carbocycles. The van der Waals surface area contributed by atoms with E-state index >= 15 is 0 Å². The molecule has 2 N–H and O–H groups in total. The van der Waals surface area contributed by atoms with Crippen molar-refractivity contribution in [2.24, 2.45) is 10.9 Å². The maximum atomic E-state index is 5.50. The van der Waals surface area contributed by atoms with Crippen molar-refractivity contribution in [3.05, 3.63) is 23.9 Å². The van der Waals surface area contributed by atoms with Gasteiger partial charge in [-0.05, 0) is 25.3 Å². The second-order valence-electron chi connectivity index (χ2n) is 4.94. The topological polar surface area (TPSA) is 58.5 Å². The Kier molecular flexibility index (Phi) is 7.47. The fourth-order valence-corrected chi connectivity index (χ4v) is 1.70.